The summed E-state index contributed by atoms with van der Waals surface area (Å²) in [5, 5.41) is 14.5. The van der Waals surface area contributed by atoms with E-state index in [1.807, 2.05) is 26.8 Å². The monoisotopic (exact) mass is 328 g/mol. The summed E-state index contributed by atoms with van der Waals surface area (Å²) in [5.74, 6) is -0.496. The molecular weight excluding hydrogens is 315 g/mol. The van der Waals surface area contributed by atoms with Gasteiger partial charge in [-0.1, -0.05) is 17.7 Å². The molecule has 0 spiro atoms. The molecule has 23 heavy (non-hydrogen) atoms. The van der Waals surface area contributed by atoms with Gasteiger partial charge in [0.05, 0.1) is 10.6 Å². The topological polar surface area (TPSA) is 54.5 Å². The van der Waals surface area contributed by atoms with Gasteiger partial charge in [-0.15, -0.1) is 0 Å². The minimum atomic E-state index is -0.496. The molecule has 0 aliphatic rings. The van der Waals surface area contributed by atoms with Crippen molar-refractivity contribution in [3.05, 3.63) is 46.9 Å². The minimum absolute atomic E-state index is 0.0678. The SMILES string of the molecule is CC(C)(C)n1nc(-c2ccc(Cl)c(F)c2)c2ccc(C#N)nc21. The van der Waals surface area contributed by atoms with Crippen molar-refractivity contribution in [3.8, 4) is 17.3 Å². The average molecular weight is 329 g/mol. The lowest BCUT2D eigenvalue weighted by atomic mass is 10.1. The van der Waals surface area contributed by atoms with Gasteiger partial charge in [-0.25, -0.2) is 14.1 Å². The molecule has 0 fully saturated rings. The minimum Gasteiger partial charge on any atom is -0.241 e. The van der Waals surface area contributed by atoms with Crippen molar-refractivity contribution < 1.29 is 4.39 Å². The summed E-state index contributed by atoms with van der Waals surface area (Å²) in [6, 6.07) is 10.0. The van der Waals surface area contributed by atoms with E-state index in [0.717, 1.165) is 5.39 Å². The number of hydrogen-bond acceptors (Lipinski definition) is 3. The summed E-state index contributed by atoms with van der Waals surface area (Å²) in [7, 11) is 0. The average Bonchev–Trinajstić information content (AvgIpc) is 2.88. The number of aromatic nitrogens is 3. The van der Waals surface area contributed by atoms with Crippen molar-refractivity contribution in [2.45, 2.75) is 26.3 Å². The van der Waals surface area contributed by atoms with Crippen molar-refractivity contribution >= 4 is 22.6 Å². The molecule has 0 bridgehead atoms. The summed E-state index contributed by atoms with van der Waals surface area (Å²) >= 11 is 5.75. The zero-order chi connectivity index (χ0) is 16.8. The van der Waals surface area contributed by atoms with Gasteiger partial charge in [0.2, 0.25) is 0 Å². The normalized spacial score (nSPS) is 11.7. The number of nitriles is 1. The molecule has 116 valence electrons. The summed E-state index contributed by atoms with van der Waals surface area (Å²) in [5.41, 5.74) is 1.82. The third-order valence-corrected chi connectivity index (χ3v) is 3.78. The van der Waals surface area contributed by atoms with Gasteiger partial charge < -0.3 is 0 Å². The Morgan fingerprint density at radius 1 is 1.22 bits per heavy atom. The van der Waals surface area contributed by atoms with E-state index in [2.05, 4.69) is 10.1 Å². The number of nitrogens with zero attached hydrogens (tertiary/aromatic N) is 4. The van der Waals surface area contributed by atoms with E-state index in [0.29, 0.717) is 22.6 Å². The second kappa shape index (κ2) is 5.32. The lowest BCUT2D eigenvalue weighted by Gasteiger charge is -2.19. The molecular formula is C17H14ClFN4. The zero-order valence-corrected chi connectivity index (χ0v) is 13.7. The molecule has 3 rings (SSSR count). The van der Waals surface area contributed by atoms with Crippen molar-refractivity contribution in [2.24, 2.45) is 0 Å². The molecule has 6 heteroatoms. The first-order chi connectivity index (χ1) is 10.8. The first-order valence-corrected chi connectivity index (χ1v) is 7.45. The number of hydrogen-bond donors (Lipinski definition) is 0. The summed E-state index contributed by atoms with van der Waals surface area (Å²) in [6.45, 7) is 5.98. The van der Waals surface area contributed by atoms with Crippen molar-refractivity contribution in [1.82, 2.24) is 14.8 Å². The van der Waals surface area contributed by atoms with E-state index in [4.69, 9.17) is 16.9 Å². The molecule has 0 N–H and O–H groups in total. The van der Waals surface area contributed by atoms with Crippen molar-refractivity contribution in [3.63, 3.8) is 0 Å². The lowest BCUT2D eigenvalue weighted by Crippen LogP contribution is -2.23. The highest BCUT2D eigenvalue weighted by Crippen LogP contribution is 2.32. The van der Waals surface area contributed by atoms with E-state index in [9.17, 15) is 4.39 Å². The molecule has 3 aromatic rings. The van der Waals surface area contributed by atoms with Crippen LogP contribution in [-0.2, 0) is 5.54 Å². The fourth-order valence-electron chi connectivity index (χ4n) is 2.38. The molecule has 1 aromatic carbocycles. The second-order valence-corrected chi connectivity index (χ2v) is 6.65. The first kappa shape index (κ1) is 15.4. The smallest absolute Gasteiger partial charge is 0.160 e. The van der Waals surface area contributed by atoms with E-state index in [1.165, 1.54) is 12.1 Å². The van der Waals surface area contributed by atoms with Crippen LogP contribution < -0.4 is 0 Å². The third kappa shape index (κ3) is 2.66. The Labute approximate surface area is 138 Å². The van der Waals surface area contributed by atoms with Gasteiger partial charge in [0.25, 0.3) is 0 Å². The van der Waals surface area contributed by atoms with Crippen LogP contribution in [0.5, 0.6) is 0 Å². The highest BCUT2D eigenvalue weighted by molar-refractivity contribution is 6.30. The predicted molar refractivity (Wildman–Crippen MR) is 87.6 cm³/mol. The highest BCUT2D eigenvalue weighted by Gasteiger charge is 2.22. The van der Waals surface area contributed by atoms with Crippen LogP contribution in [0.1, 0.15) is 26.5 Å². The molecule has 0 aliphatic carbocycles. The van der Waals surface area contributed by atoms with Gasteiger partial charge in [-0.3, -0.25) is 0 Å². The van der Waals surface area contributed by atoms with Crippen molar-refractivity contribution in [2.75, 3.05) is 0 Å². The first-order valence-electron chi connectivity index (χ1n) is 7.07. The van der Waals surface area contributed by atoms with Crippen molar-refractivity contribution in [1.29, 1.82) is 5.26 Å². The van der Waals surface area contributed by atoms with Crippen LogP contribution in [0.25, 0.3) is 22.3 Å². The molecule has 0 unspecified atom stereocenters. The fraction of sp³-hybridized carbons (Fsp3) is 0.235. The Kier molecular flexibility index (Phi) is 3.57. The van der Waals surface area contributed by atoms with Gasteiger partial charge in [-0.2, -0.15) is 10.4 Å². The third-order valence-electron chi connectivity index (χ3n) is 3.47. The molecule has 0 atom stereocenters. The summed E-state index contributed by atoms with van der Waals surface area (Å²) < 4.78 is 15.6. The molecule has 0 saturated carbocycles. The van der Waals surface area contributed by atoms with Crippen LogP contribution in [0, 0.1) is 17.1 Å². The lowest BCUT2D eigenvalue weighted by molar-refractivity contribution is 0.367. The zero-order valence-electron chi connectivity index (χ0n) is 12.9. The maximum atomic E-state index is 13.8. The molecule has 2 aromatic heterocycles. The molecule has 2 heterocycles. The van der Waals surface area contributed by atoms with Crippen LogP contribution in [0.15, 0.2) is 30.3 Å². The number of fused-ring (bicyclic) bond motifs is 1. The van der Waals surface area contributed by atoms with Crippen LogP contribution in [-0.4, -0.2) is 14.8 Å². The number of pyridine rings is 1. The molecule has 0 aliphatic heterocycles. The van der Waals surface area contributed by atoms with Gasteiger partial charge in [0.1, 0.15) is 23.3 Å². The Morgan fingerprint density at radius 3 is 2.57 bits per heavy atom. The maximum absolute atomic E-state index is 13.8. The second-order valence-electron chi connectivity index (χ2n) is 6.24. The maximum Gasteiger partial charge on any atom is 0.160 e. The summed E-state index contributed by atoms with van der Waals surface area (Å²) in [4.78, 5) is 4.37. The quantitative estimate of drug-likeness (QED) is 0.660. The number of rotatable bonds is 1. The van der Waals surface area contributed by atoms with Crippen LogP contribution in [0.3, 0.4) is 0 Å². The molecule has 0 saturated heterocycles. The fourth-order valence-corrected chi connectivity index (χ4v) is 2.50. The van der Waals surface area contributed by atoms with E-state index < -0.39 is 5.82 Å². The predicted octanol–water partition coefficient (Wildman–Crippen LogP) is 4.52. The van der Waals surface area contributed by atoms with E-state index in [-0.39, 0.29) is 10.6 Å². The van der Waals surface area contributed by atoms with Gasteiger partial charge in [0.15, 0.2) is 5.65 Å². The van der Waals surface area contributed by atoms with Crippen LogP contribution >= 0.6 is 11.6 Å². The largest absolute Gasteiger partial charge is 0.241 e. The Bertz CT molecular complexity index is 948. The molecule has 4 nitrogen and oxygen atoms in total. The number of halogens is 2. The van der Waals surface area contributed by atoms with Gasteiger partial charge in [-0.05, 0) is 45.0 Å². The summed E-state index contributed by atoms with van der Waals surface area (Å²) in [6.07, 6.45) is 0. The van der Waals surface area contributed by atoms with Gasteiger partial charge in [0, 0.05) is 10.9 Å². The van der Waals surface area contributed by atoms with Crippen LogP contribution in [0.2, 0.25) is 5.02 Å². The van der Waals surface area contributed by atoms with E-state index in [1.54, 1.807) is 22.9 Å². The van der Waals surface area contributed by atoms with Crippen LogP contribution in [0.4, 0.5) is 4.39 Å². The van der Waals surface area contributed by atoms with Gasteiger partial charge >= 0.3 is 0 Å². The Hall–Kier alpha value is -2.45. The Morgan fingerprint density at radius 2 is 1.96 bits per heavy atom. The Balaban J connectivity index is 2.34. The standard InChI is InChI=1S/C17H14ClFN4/c1-17(2,3)23-16-12(6-5-11(9-20)21-16)15(22-23)10-4-7-13(18)14(19)8-10/h4-8H,1-3H3. The van der Waals surface area contributed by atoms with E-state index >= 15 is 0 Å². The highest BCUT2D eigenvalue weighted by atomic mass is 35.5. The number of benzene rings is 1. The molecule has 0 amide bonds. The molecule has 0 radical (unpaired) electrons.